The minimum Gasteiger partial charge on any atom is -0.346 e. The van der Waals surface area contributed by atoms with Crippen LogP contribution >= 0.6 is 0 Å². The van der Waals surface area contributed by atoms with Gasteiger partial charge in [0.1, 0.15) is 0 Å². The van der Waals surface area contributed by atoms with Crippen LogP contribution in [0.25, 0.3) is 0 Å². The van der Waals surface area contributed by atoms with Gasteiger partial charge in [0.15, 0.2) is 6.29 Å². The van der Waals surface area contributed by atoms with Crippen molar-refractivity contribution >= 4 is 11.6 Å². The number of hydrogen-bond acceptors (Lipinski definition) is 4. The van der Waals surface area contributed by atoms with Crippen molar-refractivity contribution < 1.29 is 18.7 Å². The Hall–Kier alpha value is -2.31. The summed E-state index contributed by atoms with van der Waals surface area (Å²) < 4.78 is 23.7. The van der Waals surface area contributed by atoms with Gasteiger partial charge in [-0.1, -0.05) is 12.1 Å². The van der Waals surface area contributed by atoms with E-state index in [-0.39, 0.29) is 11.9 Å². The van der Waals surface area contributed by atoms with Gasteiger partial charge in [0, 0.05) is 29.1 Å². The highest BCUT2D eigenvalue weighted by Gasteiger charge is 2.18. The molecule has 1 aliphatic rings. The first kappa shape index (κ1) is 13.7. The molecule has 1 fully saturated rings. The number of rotatable bonds is 3. The average molecular weight is 288 g/mol. The van der Waals surface area contributed by atoms with Gasteiger partial charge >= 0.3 is 0 Å². The SMILES string of the molecule is O=C(Nc1ccc(C2OCCO2)cc1)c1ccnc(F)c1. The fourth-order valence-electron chi connectivity index (χ4n) is 2.02. The molecule has 108 valence electrons. The van der Waals surface area contributed by atoms with Gasteiger partial charge in [-0.2, -0.15) is 4.39 Å². The smallest absolute Gasteiger partial charge is 0.255 e. The Morgan fingerprint density at radius 2 is 1.90 bits per heavy atom. The lowest BCUT2D eigenvalue weighted by atomic mass is 10.2. The van der Waals surface area contributed by atoms with Gasteiger partial charge in [0.2, 0.25) is 5.95 Å². The zero-order valence-electron chi connectivity index (χ0n) is 11.1. The van der Waals surface area contributed by atoms with E-state index in [9.17, 15) is 9.18 Å². The summed E-state index contributed by atoms with van der Waals surface area (Å²) in [5.41, 5.74) is 1.72. The summed E-state index contributed by atoms with van der Waals surface area (Å²) in [5, 5.41) is 2.69. The number of anilines is 1. The van der Waals surface area contributed by atoms with Gasteiger partial charge < -0.3 is 14.8 Å². The highest BCUT2D eigenvalue weighted by Crippen LogP contribution is 2.24. The van der Waals surface area contributed by atoms with Gasteiger partial charge in [-0.3, -0.25) is 4.79 Å². The molecule has 2 heterocycles. The molecule has 0 saturated carbocycles. The molecule has 1 aromatic heterocycles. The molecule has 1 saturated heterocycles. The molecule has 5 nitrogen and oxygen atoms in total. The molecule has 0 spiro atoms. The number of halogens is 1. The molecular weight excluding hydrogens is 275 g/mol. The van der Waals surface area contributed by atoms with Gasteiger partial charge in [0.25, 0.3) is 5.91 Å². The number of carbonyl (C=O) groups excluding carboxylic acids is 1. The molecule has 0 bridgehead atoms. The normalized spacial score (nSPS) is 15.1. The lowest BCUT2D eigenvalue weighted by Gasteiger charge is -2.10. The number of nitrogens with one attached hydrogen (secondary N) is 1. The van der Waals surface area contributed by atoms with E-state index in [4.69, 9.17) is 9.47 Å². The van der Waals surface area contributed by atoms with E-state index in [1.807, 2.05) is 12.1 Å². The molecule has 3 rings (SSSR count). The highest BCUT2D eigenvalue weighted by molar-refractivity contribution is 6.04. The Kier molecular flexibility index (Phi) is 3.89. The van der Waals surface area contributed by atoms with Crippen LogP contribution in [0.2, 0.25) is 0 Å². The van der Waals surface area contributed by atoms with Gasteiger partial charge in [-0.15, -0.1) is 0 Å². The molecule has 2 aromatic rings. The number of benzene rings is 1. The molecule has 6 heteroatoms. The first-order chi connectivity index (χ1) is 10.2. The second-order valence-corrected chi connectivity index (χ2v) is 4.52. The summed E-state index contributed by atoms with van der Waals surface area (Å²) in [7, 11) is 0. The molecule has 0 atom stereocenters. The van der Waals surface area contributed by atoms with E-state index in [0.717, 1.165) is 11.6 Å². The van der Waals surface area contributed by atoms with Crippen LogP contribution < -0.4 is 5.32 Å². The predicted molar refractivity (Wildman–Crippen MR) is 73.2 cm³/mol. The lowest BCUT2D eigenvalue weighted by Crippen LogP contribution is -2.12. The summed E-state index contributed by atoms with van der Waals surface area (Å²) >= 11 is 0. The van der Waals surface area contributed by atoms with Crippen LogP contribution in [0.1, 0.15) is 22.2 Å². The lowest BCUT2D eigenvalue weighted by molar-refractivity contribution is -0.0441. The van der Waals surface area contributed by atoms with Crippen LogP contribution in [0.3, 0.4) is 0 Å². The van der Waals surface area contributed by atoms with E-state index < -0.39 is 11.9 Å². The number of amides is 1. The molecule has 1 aromatic carbocycles. The minimum atomic E-state index is -0.687. The number of hydrogen-bond donors (Lipinski definition) is 1. The Balaban J connectivity index is 1.68. The minimum absolute atomic E-state index is 0.217. The van der Waals surface area contributed by atoms with Crippen LogP contribution in [-0.4, -0.2) is 24.1 Å². The van der Waals surface area contributed by atoms with Gasteiger partial charge in [-0.25, -0.2) is 4.98 Å². The molecule has 1 aliphatic heterocycles. The summed E-state index contributed by atoms with van der Waals surface area (Å²) in [6.07, 6.45) is 0.909. The standard InChI is InChI=1S/C15H13FN2O3/c16-13-9-11(5-6-17-13)14(19)18-12-3-1-10(2-4-12)15-20-7-8-21-15/h1-6,9,15H,7-8H2,(H,18,19). The second kappa shape index (κ2) is 5.99. The number of aromatic nitrogens is 1. The van der Waals surface area contributed by atoms with Crippen molar-refractivity contribution in [2.45, 2.75) is 6.29 Å². The van der Waals surface area contributed by atoms with Crippen molar-refractivity contribution in [2.75, 3.05) is 18.5 Å². The van der Waals surface area contributed by atoms with Crippen molar-refractivity contribution in [3.05, 3.63) is 59.7 Å². The van der Waals surface area contributed by atoms with Crippen molar-refractivity contribution in [3.8, 4) is 0 Å². The summed E-state index contributed by atoms with van der Waals surface area (Å²) in [4.78, 5) is 15.4. The Morgan fingerprint density at radius 3 is 2.57 bits per heavy atom. The van der Waals surface area contributed by atoms with Crippen LogP contribution in [0.5, 0.6) is 0 Å². The third kappa shape index (κ3) is 3.24. The zero-order chi connectivity index (χ0) is 14.7. The number of ether oxygens (including phenoxy) is 2. The van der Waals surface area contributed by atoms with E-state index >= 15 is 0 Å². The number of pyridine rings is 1. The van der Waals surface area contributed by atoms with Crippen LogP contribution in [0.15, 0.2) is 42.6 Å². The number of carbonyl (C=O) groups is 1. The van der Waals surface area contributed by atoms with Crippen LogP contribution in [-0.2, 0) is 9.47 Å². The van der Waals surface area contributed by atoms with Crippen molar-refractivity contribution in [3.63, 3.8) is 0 Å². The maximum atomic E-state index is 13.0. The first-order valence-electron chi connectivity index (χ1n) is 6.48. The third-order valence-corrected chi connectivity index (χ3v) is 3.05. The molecule has 0 radical (unpaired) electrons. The first-order valence-corrected chi connectivity index (χ1v) is 6.48. The fraction of sp³-hybridized carbons (Fsp3) is 0.200. The molecular formula is C15H13FN2O3. The molecule has 0 unspecified atom stereocenters. The largest absolute Gasteiger partial charge is 0.346 e. The Labute approximate surface area is 120 Å². The molecule has 1 amide bonds. The maximum absolute atomic E-state index is 13.0. The predicted octanol–water partition coefficient (Wildman–Crippen LogP) is 2.52. The quantitative estimate of drug-likeness (QED) is 0.882. The van der Waals surface area contributed by atoms with Crippen molar-refractivity contribution in [1.82, 2.24) is 4.98 Å². The maximum Gasteiger partial charge on any atom is 0.255 e. The van der Waals surface area contributed by atoms with Gasteiger partial charge in [-0.05, 0) is 18.2 Å². The molecule has 21 heavy (non-hydrogen) atoms. The van der Waals surface area contributed by atoms with Crippen molar-refractivity contribution in [2.24, 2.45) is 0 Å². The third-order valence-electron chi connectivity index (χ3n) is 3.05. The molecule has 1 N–H and O–H groups in total. The Morgan fingerprint density at radius 1 is 1.19 bits per heavy atom. The monoisotopic (exact) mass is 288 g/mol. The summed E-state index contributed by atoms with van der Waals surface area (Å²) in [6, 6.07) is 9.67. The van der Waals surface area contributed by atoms with Crippen LogP contribution in [0.4, 0.5) is 10.1 Å². The van der Waals surface area contributed by atoms with Crippen molar-refractivity contribution in [1.29, 1.82) is 0 Å². The van der Waals surface area contributed by atoms with E-state index in [0.29, 0.717) is 18.9 Å². The van der Waals surface area contributed by atoms with Crippen LogP contribution in [0, 0.1) is 5.95 Å². The van der Waals surface area contributed by atoms with E-state index in [2.05, 4.69) is 10.3 Å². The summed E-state index contributed by atoms with van der Waals surface area (Å²) in [5.74, 6) is -1.08. The fourth-order valence-corrected chi connectivity index (χ4v) is 2.02. The molecule has 0 aliphatic carbocycles. The summed E-state index contributed by atoms with van der Waals surface area (Å²) in [6.45, 7) is 1.16. The Bertz CT molecular complexity index is 640. The number of nitrogens with zero attached hydrogens (tertiary/aromatic N) is 1. The van der Waals surface area contributed by atoms with Gasteiger partial charge in [0.05, 0.1) is 13.2 Å². The zero-order valence-corrected chi connectivity index (χ0v) is 11.1. The van der Waals surface area contributed by atoms with E-state index in [1.165, 1.54) is 12.3 Å². The second-order valence-electron chi connectivity index (χ2n) is 4.52. The van der Waals surface area contributed by atoms with E-state index in [1.54, 1.807) is 12.1 Å². The highest BCUT2D eigenvalue weighted by atomic mass is 19.1. The topological polar surface area (TPSA) is 60.5 Å². The average Bonchev–Trinajstić information content (AvgIpc) is 3.02.